The Morgan fingerprint density at radius 2 is 1.62 bits per heavy atom. The molecule has 8 nitrogen and oxygen atoms in total. The third-order valence-electron chi connectivity index (χ3n) is 6.36. The molecule has 3 aromatic rings. The van der Waals surface area contributed by atoms with Crippen molar-refractivity contribution < 1.29 is 14.4 Å². The number of hydrazine groups is 1. The summed E-state index contributed by atoms with van der Waals surface area (Å²) in [6.45, 7) is 6.27. The van der Waals surface area contributed by atoms with Crippen molar-refractivity contribution in [3.05, 3.63) is 87.9 Å². The maximum absolute atomic E-state index is 13.1. The van der Waals surface area contributed by atoms with Crippen LogP contribution < -0.4 is 15.3 Å². The van der Waals surface area contributed by atoms with E-state index < -0.39 is 6.03 Å². The van der Waals surface area contributed by atoms with Crippen molar-refractivity contribution in [3.8, 4) is 0 Å². The number of amides is 4. The molecule has 37 heavy (non-hydrogen) atoms. The lowest BCUT2D eigenvalue weighted by Crippen LogP contribution is -2.37. The van der Waals surface area contributed by atoms with Gasteiger partial charge in [-0.25, -0.2) is 19.7 Å². The van der Waals surface area contributed by atoms with Crippen molar-refractivity contribution in [2.75, 3.05) is 16.5 Å². The Balaban J connectivity index is 1.39. The number of nitrogens with one attached hydrogen (secondary N) is 1. The Labute approximate surface area is 220 Å². The molecule has 2 heterocycles. The van der Waals surface area contributed by atoms with E-state index in [4.69, 9.17) is 11.6 Å². The van der Waals surface area contributed by atoms with Crippen LogP contribution in [-0.2, 0) is 16.1 Å². The second kappa shape index (κ2) is 9.71. The predicted octanol–water partition coefficient (Wildman–Crippen LogP) is 5.21. The number of benzene rings is 3. The van der Waals surface area contributed by atoms with E-state index >= 15 is 0 Å². The van der Waals surface area contributed by atoms with Gasteiger partial charge in [-0.05, 0) is 55.7 Å². The molecule has 5 rings (SSSR count). The smallest absolute Gasteiger partial charge is 0.310 e. The van der Waals surface area contributed by atoms with Gasteiger partial charge in [0.15, 0.2) is 0 Å². The lowest BCUT2D eigenvalue weighted by Gasteiger charge is -2.21. The van der Waals surface area contributed by atoms with Crippen molar-refractivity contribution in [1.29, 1.82) is 0 Å². The Hall–Kier alpha value is -4.17. The van der Waals surface area contributed by atoms with E-state index in [0.29, 0.717) is 28.8 Å². The predicted molar refractivity (Wildman–Crippen MR) is 144 cm³/mol. The number of aliphatic imine (C=N–C) groups is 1. The Bertz CT molecular complexity index is 1430. The zero-order valence-corrected chi connectivity index (χ0v) is 21.5. The van der Waals surface area contributed by atoms with Gasteiger partial charge in [0.2, 0.25) is 0 Å². The Kier molecular flexibility index (Phi) is 6.43. The van der Waals surface area contributed by atoms with Crippen LogP contribution in [0.25, 0.3) is 0 Å². The highest BCUT2D eigenvalue weighted by Gasteiger charge is 2.37. The summed E-state index contributed by atoms with van der Waals surface area (Å²) in [4.78, 5) is 45.9. The number of anilines is 2. The van der Waals surface area contributed by atoms with Crippen molar-refractivity contribution in [2.45, 2.75) is 33.7 Å². The Morgan fingerprint density at radius 1 is 0.919 bits per heavy atom. The number of nitrogens with zero attached hydrogens (tertiary/aromatic N) is 4. The molecule has 0 bridgehead atoms. The zero-order valence-electron chi connectivity index (χ0n) is 20.8. The van der Waals surface area contributed by atoms with Gasteiger partial charge in [0.1, 0.15) is 12.4 Å². The van der Waals surface area contributed by atoms with Crippen LogP contribution in [0.4, 0.5) is 21.9 Å². The number of halogens is 1. The van der Waals surface area contributed by atoms with Crippen LogP contribution in [0.1, 0.15) is 28.7 Å². The number of urea groups is 1. The molecule has 2 aliphatic heterocycles. The molecule has 1 N–H and O–H groups in total. The molecule has 2 fully saturated rings. The first kappa shape index (κ1) is 24.5. The SMILES string of the molecule is Cc1cc(C)c(N2NC(=Nc3cc(N4C(=O)CN(Cc5ccccc5)C4=O)ccc3Cl)CC2=O)c(C)c1. The molecule has 2 aliphatic rings. The molecule has 0 spiro atoms. The van der Waals surface area contributed by atoms with Crippen LogP contribution in [-0.4, -0.2) is 35.1 Å². The maximum atomic E-state index is 13.1. The molecule has 0 radical (unpaired) electrons. The molecule has 0 aliphatic carbocycles. The summed E-state index contributed by atoms with van der Waals surface area (Å²) in [5.41, 5.74) is 8.64. The summed E-state index contributed by atoms with van der Waals surface area (Å²) < 4.78 is 0. The minimum atomic E-state index is -0.402. The highest BCUT2D eigenvalue weighted by molar-refractivity contribution is 6.33. The average molecular weight is 516 g/mol. The van der Waals surface area contributed by atoms with Gasteiger partial charge in [0, 0.05) is 6.54 Å². The first-order chi connectivity index (χ1) is 17.7. The third kappa shape index (κ3) is 4.80. The molecule has 4 amide bonds. The molecule has 0 atom stereocenters. The van der Waals surface area contributed by atoms with Crippen LogP contribution >= 0.6 is 11.6 Å². The van der Waals surface area contributed by atoms with E-state index in [2.05, 4.69) is 10.4 Å². The van der Waals surface area contributed by atoms with Crippen LogP contribution in [0.2, 0.25) is 5.02 Å². The number of amidine groups is 1. The summed E-state index contributed by atoms with van der Waals surface area (Å²) in [7, 11) is 0. The van der Waals surface area contributed by atoms with Crippen molar-refractivity contribution in [3.63, 3.8) is 0 Å². The number of rotatable bonds is 5. The number of carbonyl (C=O) groups is 3. The second-order valence-corrected chi connectivity index (χ2v) is 9.72. The number of hydrogen-bond acceptors (Lipinski definition) is 4. The van der Waals surface area contributed by atoms with Gasteiger partial charge in [-0.1, -0.05) is 59.6 Å². The number of imide groups is 1. The van der Waals surface area contributed by atoms with Gasteiger partial charge in [0.05, 0.1) is 28.5 Å². The molecule has 9 heteroatoms. The second-order valence-electron chi connectivity index (χ2n) is 9.31. The van der Waals surface area contributed by atoms with Crippen LogP contribution in [0.15, 0.2) is 65.7 Å². The highest BCUT2D eigenvalue weighted by Crippen LogP contribution is 2.34. The lowest BCUT2D eigenvalue weighted by molar-refractivity contribution is -0.117. The van der Waals surface area contributed by atoms with Gasteiger partial charge < -0.3 is 4.90 Å². The monoisotopic (exact) mass is 515 g/mol. The van der Waals surface area contributed by atoms with Gasteiger partial charge in [-0.3, -0.25) is 15.0 Å². The van der Waals surface area contributed by atoms with Gasteiger partial charge in [-0.2, -0.15) is 0 Å². The van der Waals surface area contributed by atoms with Gasteiger partial charge in [0.25, 0.3) is 11.8 Å². The topological polar surface area (TPSA) is 85.3 Å². The summed E-state index contributed by atoms with van der Waals surface area (Å²) >= 11 is 6.42. The van der Waals surface area contributed by atoms with E-state index in [1.807, 2.05) is 63.2 Å². The molecule has 0 aromatic heterocycles. The van der Waals surface area contributed by atoms with Crippen molar-refractivity contribution in [2.24, 2.45) is 4.99 Å². The van der Waals surface area contributed by atoms with E-state index in [-0.39, 0.29) is 24.8 Å². The quantitative estimate of drug-likeness (QED) is 0.473. The number of hydrogen-bond donors (Lipinski definition) is 1. The first-order valence-corrected chi connectivity index (χ1v) is 12.3. The summed E-state index contributed by atoms with van der Waals surface area (Å²) in [6.07, 6.45) is 0.0692. The van der Waals surface area contributed by atoms with Crippen LogP contribution in [0.3, 0.4) is 0 Å². The van der Waals surface area contributed by atoms with Gasteiger partial charge in [-0.15, -0.1) is 0 Å². The van der Waals surface area contributed by atoms with Crippen LogP contribution in [0.5, 0.6) is 0 Å². The summed E-state index contributed by atoms with van der Waals surface area (Å²) in [5, 5.41) is 1.85. The number of aryl methyl sites for hydroxylation is 3. The number of carbonyl (C=O) groups excluding carboxylic acids is 3. The van der Waals surface area contributed by atoms with E-state index in [9.17, 15) is 14.4 Å². The van der Waals surface area contributed by atoms with Crippen LogP contribution in [0, 0.1) is 20.8 Å². The van der Waals surface area contributed by atoms with E-state index in [0.717, 1.165) is 32.8 Å². The zero-order chi connectivity index (χ0) is 26.3. The molecule has 2 saturated heterocycles. The first-order valence-electron chi connectivity index (χ1n) is 11.9. The highest BCUT2D eigenvalue weighted by atomic mass is 35.5. The van der Waals surface area contributed by atoms with E-state index in [1.54, 1.807) is 18.2 Å². The molecule has 0 saturated carbocycles. The summed E-state index contributed by atoms with van der Waals surface area (Å²) in [5.74, 6) is -0.0386. The molecule has 0 unspecified atom stereocenters. The van der Waals surface area contributed by atoms with Gasteiger partial charge >= 0.3 is 6.03 Å². The fourth-order valence-electron chi connectivity index (χ4n) is 4.83. The summed E-state index contributed by atoms with van der Waals surface area (Å²) in [6, 6.07) is 18.0. The minimum absolute atomic E-state index is 0.0134. The lowest BCUT2D eigenvalue weighted by atomic mass is 10.0. The largest absolute Gasteiger partial charge is 0.332 e. The van der Waals surface area contributed by atoms with Crippen molar-refractivity contribution in [1.82, 2.24) is 10.3 Å². The minimum Gasteiger partial charge on any atom is -0.310 e. The molecular formula is C28H26ClN5O3. The average Bonchev–Trinajstić information content (AvgIpc) is 3.33. The molecular weight excluding hydrogens is 490 g/mol. The van der Waals surface area contributed by atoms with Crippen molar-refractivity contribution >= 4 is 52.3 Å². The third-order valence-corrected chi connectivity index (χ3v) is 6.68. The normalized spacial score (nSPS) is 16.8. The fraction of sp³-hybridized carbons (Fsp3) is 0.214. The molecule has 3 aromatic carbocycles. The molecule has 188 valence electrons. The Morgan fingerprint density at radius 3 is 2.32 bits per heavy atom. The van der Waals surface area contributed by atoms with E-state index in [1.165, 1.54) is 9.91 Å². The standard InChI is InChI=1S/C28H26ClN5O3/c1-17-11-18(2)27(19(3)12-17)34-25(35)14-24(31-34)30-23-13-21(9-10-22(23)29)33-26(36)16-32(28(33)37)15-20-7-5-4-6-8-20/h4-13H,14-16H2,1-3H3,(H,30,31). The maximum Gasteiger partial charge on any atom is 0.332 e. The fourth-order valence-corrected chi connectivity index (χ4v) is 4.99.